The number of nitrogens with one attached hydrogen (secondary N) is 2. The summed E-state index contributed by atoms with van der Waals surface area (Å²) in [6.45, 7) is 3.95. The normalized spacial score (nSPS) is 16.1. The molecule has 6 nitrogen and oxygen atoms in total. The number of carbonyl (C=O) groups is 1. The van der Waals surface area contributed by atoms with Crippen molar-refractivity contribution in [1.82, 2.24) is 20.0 Å². The highest BCUT2D eigenvalue weighted by Gasteiger charge is 2.23. The molecule has 2 N–H and O–H groups in total. The highest BCUT2D eigenvalue weighted by Crippen LogP contribution is 2.10. The molecule has 0 radical (unpaired) electrons. The van der Waals surface area contributed by atoms with E-state index in [1.807, 2.05) is 18.2 Å². The van der Waals surface area contributed by atoms with Crippen molar-refractivity contribution < 1.29 is 4.79 Å². The number of amides is 1. The van der Waals surface area contributed by atoms with E-state index in [-0.39, 0.29) is 11.5 Å². The van der Waals surface area contributed by atoms with Crippen molar-refractivity contribution in [3.63, 3.8) is 0 Å². The molecule has 0 aliphatic carbocycles. The number of carbonyl (C=O) groups excluding carboxylic acids is 1. The highest BCUT2D eigenvalue weighted by molar-refractivity contribution is 5.92. The van der Waals surface area contributed by atoms with E-state index in [0.717, 1.165) is 19.6 Å². The Balaban J connectivity index is 1.55. The topological polar surface area (TPSA) is 72.2 Å². The molecular weight excluding hydrogens is 268 g/mol. The number of aromatic amines is 2. The lowest BCUT2D eigenvalue weighted by molar-refractivity contribution is 0.0622. The van der Waals surface area contributed by atoms with E-state index in [2.05, 4.69) is 27.2 Å². The predicted octanol–water partition coefficient (Wildman–Crippen LogP) is 0.661. The molecule has 0 spiro atoms. The zero-order valence-corrected chi connectivity index (χ0v) is 11.7. The maximum atomic E-state index is 12.2. The van der Waals surface area contributed by atoms with E-state index in [4.69, 9.17) is 0 Å². The molecule has 1 saturated heterocycles. The van der Waals surface area contributed by atoms with Gasteiger partial charge in [0.25, 0.3) is 11.5 Å². The molecule has 0 unspecified atom stereocenters. The summed E-state index contributed by atoms with van der Waals surface area (Å²) in [6, 6.07) is 11.6. The molecule has 3 rings (SSSR count). The van der Waals surface area contributed by atoms with Crippen molar-refractivity contribution in [2.24, 2.45) is 0 Å². The van der Waals surface area contributed by atoms with Gasteiger partial charge in [-0.05, 0) is 5.56 Å². The first kappa shape index (κ1) is 13.6. The fourth-order valence-electron chi connectivity index (χ4n) is 2.57. The molecular formula is C15H18N4O2. The Labute approximate surface area is 122 Å². The monoisotopic (exact) mass is 286 g/mol. The molecule has 1 fully saturated rings. The number of hydrogen-bond acceptors (Lipinski definition) is 3. The third-order valence-corrected chi connectivity index (χ3v) is 3.73. The van der Waals surface area contributed by atoms with Gasteiger partial charge in [0.05, 0.1) is 0 Å². The number of hydrogen-bond donors (Lipinski definition) is 2. The second kappa shape index (κ2) is 5.97. The summed E-state index contributed by atoms with van der Waals surface area (Å²) in [7, 11) is 0. The summed E-state index contributed by atoms with van der Waals surface area (Å²) in [5.74, 6) is -0.118. The van der Waals surface area contributed by atoms with Gasteiger partial charge in [-0.1, -0.05) is 30.3 Å². The van der Waals surface area contributed by atoms with Crippen molar-refractivity contribution >= 4 is 5.91 Å². The minimum Gasteiger partial charge on any atom is -0.335 e. The van der Waals surface area contributed by atoms with Gasteiger partial charge in [-0.25, -0.2) is 0 Å². The van der Waals surface area contributed by atoms with Gasteiger partial charge in [-0.15, -0.1) is 0 Å². The van der Waals surface area contributed by atoms with Crippen LogP contribution in [0, 0.1) is 0 Å². The molecule has 0 bridgehead atoms. The number of nitrogens with zero attached hydrogens (tertiary/aromatic N) is 2. The number of H-pyrrole nitrogens is 2. The first-order chi connectivity index (χ1) is 10.2. The van der Waals surface area contributed by atoms with Gasteiger partial charge in [-0.3, -0.25) is 24.7 Å². The molecule has 1 aromatic heterocycles. The van der Waals surface area contributed by atoms with Crippen LogP contribution in [0.1, 0.15) is 16.1 Å². The third-order valence-electron chi connectivity index (χ3n) is 3.73. The van der Waals surface area contributed by atoms with Crippen LogP contribution in [-0.4, -0.2) is 52.1 Å². The van der Waals surface area contributed by atoms with Gasteiger partial charge < -0.3 is 4.90 Å². The Morgan fingerprint density at radius 2 is 1.76 bits per heavy atom. The van der Waals surface area contributed by atoms with Crippen LogP contribution in [0.25, 0.3) is 0 Å². The van der Waals surface area contributed by atoms with E-state index in [1.54, 1.807) is 4.90 Å². The quantitative estimate of drug-likeness (QED) is 0.870. The lowest BCUT2D eigenvalue weighted by atomic mass is 10.2. The average Bonchev–Trinajstić information content (AvgIpc) is 2.95. The molecule has 1 aliphatic rings. The van der Waals surface area contributed by atoms with Crippen LogP contribution in [0.5, 0.6) is 0 Å². The Kier molecular flexibility index (Phi) is 3.87. The fraction of sp³-hybridized carbons (Fsp3) is 0.333. The van der Waals surface area contributed by atoms with Gasteiger partial charge >= 0.3 is 0 Å². The molecule has 2 aromatic rings. The van der Waals surface area contributed by atoms with Gasteiger partial charge in [0.2, 0.25) is 0 Å². The second-order valence-electron chi connectivity index (χ2n) is 5.23. The standard InChI is InChI=1S/C15H18N4O2/c20-14-10-13(16-17-14)15(21)19-8-6-18(7-9-19)11-12-4-2-1-3-5-12/h1-5,10H,6-9,11H2,(H2,16,17,20). The molecule has 2 heterocycles. The first-order valence-corrected chi connectivity index (χ1v) is 7.05. The van der Waals surface area contributed by atoms with Crippen LogP contribution in [0.2, 0.25) is 0 Å². The molecule has 21 heavy (non-hydrogen) atoms. The SMILES string of the molecule is O=C(c1cc(=O)[nH][nH]1)N1CCN(Cc2ccccc2)CC1. The van der Waals surface area contributed by atoms with Gasteiger partial charge in [0.15, 0.2) is 0 Å². The Morgan fingerprint density at radius 3 is 2.38 bits per heavy atom. The molecule has 110 valence electrons. The van der Waals surface area contributed by atoms with Crippen molar-refractivity contribution in [2.45, 2.75) is 6.54 Å². The smallest absolute Gasteiger partial charge is 0.272 e. The molecule has 1 amide bonds. The summed E-state index contributed by atoms with van der Waals surface area (Å²) in [6.07, 6.45) is 0. The van der Waals surface area contributed by atoms with E-state index in [9.17, 15) is 9.59 Å². The molecule has 0 saturated carbocycles. The number of aromatic nitrogens is 2. The van der Waals surface area contributed by atoms with E-state index in [0.29, 0.717) is 18.8 Å². The minimum atomic E-state index is -0.277. The van der Waals surface area contributed by atoms with Crippen molar-refractivity contribution in [1.29, 1.82) is 0 Å². The van der Waals surface area contributed by atoms with Crippen LogP contribution in [0.15, 0.2) is 41.2 Å². The lowest BCUT2D eigenvalue weighted by Gasteiger charge is -2.34. The van der Waals surface area contributed by atoms with Crippen LogP contribution < -0.4 is 5.56 Å². The largest absolute Gasteiger partial charge is 0.335 e. The fourth-order valence-corrected chi connectivity index (χ4v) is 2.57. The molecule has 0 atom stereocenters. The third kappa shape index (κ3) is 3.22. The van der Waals surface area contributed by atoms with Gasteiger partial charge in [0.1, 0.15) is 5.69 Å². The number of benzene rings is 1. The average molecular weight is 286 g/mol. The number of piperazine rings is 1. The zero-order valence-electron chi connectivity index (χ0n) is 11.7. The van der Waals surface area contributed by atoms with Crippen molar-refractivity contribution in [3.05, 3.63) is 58.0 Å². The van der Waals surface area contributed by atoms with Crippen LogP contribution >= 0.6 is 0 Å². The predicted molar refractivity (Wildman–Crippen MR) is 79.0 cm³/mol. The molecule has 1 aromatic carbocycles. The highest BCUT2D eigenvalue weighted by atomic mass is 16.2. The van der Waals surface area contributed by atoms with E-state index < -0.39 is 0 Å². The van der Waals surface area contributed by atoms with Crippen LogP contribution in [0.4, 0.5) is 0 Å². The summed E-state index contributed by atoms with van der Waals surface area (Å²) < 4.78 is 0. The van der Waals surface area contributed by atoms with Gasteiger partial charge in [0, 0.05) is 38.8 Å². The van der Waals surface area contributed by atoms with Crippen molar-refractivity contribution in [3.8, 4) is 0 Å². The van der Waals surface area contributed by atoms with Crippen LogP contribution in [-0.2, 0) is 6.54 Å². The zero-order chi connectivity index (χ0) is 14.7. The Bertz CT molecular complexity index is 654. The maximum Gasteiger partial charge on any atom is 0.272 e. The summed E-state index contributed by atoms with van der Waals surface area (Å²) in [4.78, 5) is 27.4. The Morgan fingerprint density at radius 1 is 1.05 bits per heavy atom. The lowest BCUT2D eigenvalue weighted by Crippen LogP contribution is -2.48. The molecule has 1 aliphatic heterocycles. The second-order valence-corrected chi connectivity index (χ2v) is 5.23. The van der Waals surface area contributed by atoms with Gasteiger partial charge in [-0.2, -0.15) is 0 Å². The van der Waals surface area contributed by atoms with E-state index in [1.165, 1.54) is 11.6 Å². The minimum absolute atomic E-state index is 0.118. The maximum absolute atomic E-state index is 12.2. The number of rotatable bonds is 3. The molecule has 6 heteroatoms. The summed E-state index contributed by atoms with van der Waals surface area (Å²) in [5, 5.41) is 5.00. The summed E-state index contributed by atoms with van der Waals surface area (Å²) in [5.41, 5.74) is 1.34. The van der Waals surface area contributed by atoms with Crippen LogP contribution in [0.3, 0.4) is 0 Å². The first-order valence-electron chi connectivity index (χ1n) is 7.05. The Hall–Kier alpha value is -2.34. The van der Waals surface area contributed by atoms with E-state index >= 15 is 0 Å². The van der Waals surface area contributed by atoms with Crippen molar-refractivity contribution in [2.75, 3.05) is 26.2 Å². The summed E-state index contributed by atoms with van der Waals surface area (Å²) >= 11 is 0.